The second kappa shape index (κ2) is 10.5. The van der Waals surface area contributed by atoms with Crippen LogP contribution in [0.4, 0.5) is 0 Å². The summed E-state index contributed by atoms with van der Waals surface area (Å²) in [5.41, 5.74) is 4.77. The first kappa shape index (κ1) is 29.2. The van der Waals surface area contributed by atoms with Gasteiger partial charge in [-0.3, -0.25) is 28.9 Å². The quantitative estimate of drug-likeness (QED) is 0.356. The van der Waals surface area contributed by atoms with Gasteiger partial charge in [-0.15, -0.1) is 0 Å². The number of phenolic OH excluding ortho intramolecular Hbond substituents is 1. The van der Waals surface area contributed by atoms with Gasteiger partial charge in [0.2, 0.25) is 5.91 Å². The number of carbonyl (C=O) groups excluding carboxylic acids is 5. The van der Waals surface area contributed by atoms with Gasteiger partial charge in [-0.1, -0.05) is 18.8 Å². The molecule has 0 heterocycles. The van der Waals surface area contributed by atoms with Crippen LogP contribution in [0.25, 0.3) is 0 Å². The number of methoxy groups -OCH3 is 1. The maximum absolute atomic E-state index is 14.0. The van der Waals surface area contributed by atoms with Crippen LogP contribution in [0, 0.1) is 35.5 Å². The van der Waals surface area contributed by atoms with Gasteiger partial charge in [0.05, 0.1) is 30.2 Å². The van der Waals surface area contributed by atoms with Crippen LogP contribution in [-0.4, -0.2) is 77.0 Å². The predicted molar refractivity (Wildman–Crippen MR) is 150 cm³/mol. The normalized spacial score (nSPS) is 28.4. The summed E-state index contributed by atoms with van der Waals surface area (Å²) in [6.45, 7) is 1.90. The van der Waals surface area contributed by atoms with Crippen LogP contribution < -0.4 is 10.5 Å². The molecule has 218 valence electrons. The monoisotopic (exact) mass is 572 g/mol. The molecule has 5 rings (SSSR count). The summed E-state index contributed by atoms with van der Waals surface area (Å²) in [5.74, 6) is -4.19. The van der Waals surface area contributed by atoms with Crippen LogP contribution >= 0.6 is 0 Å². The van der Waals surface area contributed by atoms with Gasteiger partial charge in [0, 0.05) is 11.5 Å². The van der Waals surface area contributed by atoms with E-state index >= 15 is 0 Å². The number of aryl methyl sites for hydroxylation is 1. The molecule has 1 amide bonds. The Balaban J connectivity index is 1.60. The van der Waals surface area contributed by atoms with Gasteiger partial charge in [-0.05, 0) is 80.7 Å². The van der Waals surface area contributed by atoms with E-state index < -0.39 is 64.4 Å². The van der Waals surface area contributed by atoms with Crippen molar-refractivity contribution in [3.8, 4) is 23.3 Å². The average Bonchev–Trinajstić information content (AvgIpc) is 2.94. The molecule has 10 heteroatoms. The molecule has 2 unspecified atom stereocenters. The highest BCUT2D eigenvalue weighted by molar-refractivity contribution is 6.32. The summed E-state index contributed by atoms with van der Waals surface area (Å²) in [6.07, 6.45) is 0.741. The molecule has 2 fully saturated rings. The summed E-state index contributed by atoms with van der Waals surface area (Å²) < 4.78 is 5.16. The van der Waals surface area contributed by atoms with Crippen LogP contribution in [0.3, 0.4) is 0 Å². The maximum atomic E-state index is 14.0. The molecule has 0 bridgehead atoms. The molecule has 10 nitrogen and oxygen atoms in total. The molecule has 3 aliphatic carbocycles. The second-order valence-corrected chi connectivity index (χ2v) is 11.4. The van der Waals surface area contributed by atoms with Crippen molar-refractivity contribution in [2.24, 2.45) is 29.4 Å². The molecule has 0 saturated heterocycles. The van der Waals surface area contributed by atoms with Crippen molar-refractivity contribution in [3.63, 3.8) is 0 Å². The molecular weight excluding hydrogens is 540 g/mol. The number of Topliss-reactive ketones (excluding diaryl/α,β-unsaturated/α-hetero) is 4. The number of benzene rings is 2. The summed E-state index contributed by atoms with van der Waals surface area (Å²) in [4.78, 5) is 68.3. The van der Waals surface area contributed by atoms with Crippen LogP contribution in [0.2, 0.25) is 0 Å². The van der Waals surface area contributed by atoms with E-state index in [4.69, 9.17) is 10.5 Å². The lowest BCUT2D eigenvalue weighted by atomic mass is 9.52. The number of aromatic hydroxyl groups is 1. The summed E-state index contributed by atoms with van der Waals surface area (Å²) in [6, 6.07) is 7.58. The van der Waals surface area contributed by atoms with E-state index in [0.717, 1.165) is 5.56 Å². The number of likely N-dealkylation sites (N-methyl/N-ethyl adjacent to an activating group) is 1. The highest BCUT2D eigenvalue weighted by Crippen LogP contribution is 2.51. The number of phenols is 1. The number of nitrogens with zero attached hydrogens (tertiary/aromatic N) is 1. The molecule has 6 atom stereocenters. The zero-order valence-electron chi connectivity index (χ0n) is 23.8. The Bertz CT molecular complexity index is 1600. The number of amides is 1. The fourth-order valence-corrected chi connectivity index (χ4v) is 6.97. The van der Waals surface area contributed by atoms with Gasteiger partial charge in [0.1, 0.15) is 11.5 Å². The number of aliphatic hydroxyl groups is 1. The van der Waals surface area contributed by atoms with Crippen LogP contribution in [0.1, 0.15) is 46.0 Å². The summed E-state index contributed by atoms with van der Waals surface area (Å²) in [5, 5.41) is 23.0. The van der Waals surface area contributed by atoms with E-state index in [1.54, 1.807) is 51.5 Å². The molecular formula is C32H32N2O8. The number of fused-ring (bicyclic) bond motifs is 3. The molecule has 0 radical (unpaired) electrons. The number of rotatable bonds is 4. The van der Waals surface area contributed by atoms with Crippen molar-refractivity contribution >= 4 is 29.0 Å². The molecule has 3 aliphatic rings. The fourth-order valence-electron chi connectivity index (χ4n) is 6.97. The first-order chi connectivity index (χ1) is 19.9. The fraction of sp³-hybridized carbons (Fsp3) is 0.406. The SMILES string of the molecule is CCc1cc(C#Cc2ccc(OC)cc2)c(O)c2c1C[C@@H]1C[C@@H]3[C@@H](N(C)C)C(=O)C(C(N)=O)C(=O)[C@]3(O)C(=O)C1C2=O. The Morgan fingerprint density at radius 2 is 1.79 bits per heavy atom. The average molecular weight is 573 g/mol. The molecule has 0 aromatic heterocycles. The number of ether oxygens (including phenoxy) is 1. The van der Waals surface area contributed by atoms with Gasteiger partial charge >= 0.3 is 0 Å². The van der Waals surface area contributed by atoms with Gasteiger partial charge in [-0.2, -0.15) is 0 Å². The van der Waals surface area contributed by atoms with Crippen molar-refractivity contribution in [1.29, 1.82) is 0 Å². The Morgan fingerprint density at radius 3 is 2.36 bits per heavy atom. The topological polar surface area (TPSA) is 164 Å². The molecule has 0 spiro atoms. The highest BCUT2D eigenvalue weighted by Gasteiger charge is 2.69. The van der Waals surface area contributed by atoms with E-state index in [0.29, 0.717) is 23.3 Å². The minimum absolute atomic E-state index is 0.00678. The van der Waals surface area contributed by atoms with Crippen molar-refractivity contribution in [2.45, 2.75) is 37.8 Å². The third kappa shape index (κ3) is 4.23. The molecule has 42 heavy (non-hydrogen) atoms. The van der Waals surface area contributed by atoms with Crippen molar-refractivity contribution in [1.82, 2.24) is 4.90 Å². The summed E-state index contributed by atoms with van der Waals surface area (Å²) in [7, 11) is 4.66. The first-order valence-corrected chi connectivity index (χ1v) is 13.7. The van der Waals surface area contributed by atoms with E-state index in [-0.39, 0.29) is 29.7 Å². The Morgan fingerprint density at radius 1 is 1.12 bits per heavy atom. The number of primary amides is 1. The smallest absolute Gasteiger partial charge is 0.235 e. The molecule has 2 saturated carbocycles. The lowest BCUT2D eigenvalue weighted by Crippen LogP contribution is -2.74. The lowest BCUT2D eigenvalue weighted by molar-refractivity contribution is -0.181. The number of carbonyl (C=O) groups is 5. The third-order valence-electron chi connectivity index (χ3n) is 8.97. The van der Waals surface area contributed by atoms with Crippen molar-refractivity contribution < 1.29 is 38.9 Å². The standard InChI is InChI=1S/C32H32N2O8/c1-5-16-12-17(9-6-15-7-10-19(42-4)11-8-15)26(35)23-20(16)13-18-14-21-25(34(2)3)28(37)24(31(33)40)30(39)32(21,41)29(38)22(18)27(23)36/h7-8,10-12,18,21-22,24-25,35,41H,5,13-14H2,1-4H3,(H2,33,40)/t18-,21-,22?,24?,25-,32-/m1/s1. The number of ketones is 4. The largest absolute Gasteiger partial charge is 0.506 e. The van der Waals surface area contributed by atoms with Crippen LogP contribution in [0.15, 0.2) is 30.3 Å². The zero-order chi connectivity index (χ0) is 30.7. The van der Waals surface area contributed by atoms with Gasteiger partial charge < -0.3 is 20.7 Å². The lowest BCUT2D eigenvalue weighted by Gasteiger charge is -2.52. The molecule has 0 aliphatic heterocycles. The third-order valence-corrected chi connectivity index (χ3v) is 8.97. The zero-order valence-corrected chi connectivity index (χ0v) is 23.8. The van der Waals surface area contributed by atoms with E-state index in [2.05, 4.69) is 11.8 Å². The number of nitrogens with two attached hydrogens (primary N) is 1. The maximum Gasteiger partial charge on any atom is 0.235 e. The van der Waals surface area contributed by atoms with Crippen LogP contribution in [0.5, 0.6) is 11.5 Å². The van der Waals surface area contributed by atoms with Gasteiger partial charge in [0.15, 0.2) is 34.7 Å². The molecule has 2 aromatic rings. The highest BCUT2D eigenvalue weighted by atomic mass is 16.5. The van der Waals surface area contributed by atoms with Crippen molar-refractivity contribution in [3.05, 3.63) is 58.1 Å². The number of hydrogen-bond acceptors (Lipinski definition) is 9. The van der Waals surface area contributed by atoms with E-state index in [9.17, 15) is 34.2 Å². The second-order valence-electron chi connectivity index (χ2n) is 11.4. The van der Waals surface area contributed by atoms with Gasteiger partial charge in [-0.25, -0.2) is 0 Å². The summed E-state index contributed by atoms with van der Waals surface area (Å²) >= 11 is 0. The Labute approximate surface area is 242 Å². The molecule has 4 N–H and O–H groups in total. The number of hydrogen-bond donors (Lipinski definition) is 3. The van der Waals surface area contributed by atoms with E-state index in [1.807, 2.05) is 6.92 Å². The minimum Gasteiger partial charge on any atom is -0.506 e. The Kier molecular flexibility index (Phi) is 7.29. The van der Waals surface area contributed by atoms with Gasteiger partial charge in [0.25, 0.3) is 0 Å². The minimum atomic E-state index is -2.76. The molecule has 2 aromatic carbocycles. The Hall–Kier alpha value is -4.33. The predicted octanol–water partition coefficient (Wildman–Crippen LogP) is 0.838. The first-order valence-electron chi connectivity index (χ1n) is 13.7. The van der Waals surface area contributed by atoms with Crippen molar-refractivity contribution in [2.75, 3.05) is 21.2 Å². The van der Waals surface area contributed by atoms with E-state index in [1.165, 1.54) is 4.90 Å². The van der Waals surface area contributed by atoms with Crippen LogP contribution in [-0.2, 0) is 32.0 Å².